The lowest BCUT2D eigenvalue weighted by atomic mass is 10.3. The minimum atomic E-state index is 0.422. The standard InChI is InChI=1S/C10H11ClN4S/c1-15(5-9-6-16-7-12-9)4-8-2-3-10(11)14-13-8/h2-3,6-7H,4-5H2,1H3. The third-order valence-electron chi connectivity index (χ3n) is 2.03. The van der Waals surface area contributed by atoms with Gasteiger partial charge in [0.2, 0.25) is 0 Å². The molecule has 0 aliphatic carbocycles. The molecule has 0 unspecified atom stereocenters. The first-order valence-corrected chi connectivity index (χ1v) is 6.10. The molecule has 2 heterocycles. The second-order valence-electron chi connectivity index (χ2n) is 3.50. The summed E-state index contributed by atoms with van der Waals surface area (Å²) in [7, 11) is 2.02. The molecule has 0 saturated carbocycles. The van der Waals surface area contributed by atoms with Gasteiger partial charge in [0.1, 0.15) is 0 Å². The monoisotopic (exact) mass is 254 g/mol. The van der Waals surface area contributed by atoms with Crippen molar-refractivity contribution in [2.45, 2.75) is 13.1 Å². The Labute approximate surface area is 103 Å². The topological polar surface area (TPSA) is 41.9 Å². The van der Waals surface area contributed by atoms with Gasteiger partial charge in [-0.1, -0.05) is 11.6 Å². The minimum Gasteiger partial charge on any atom is -0.295 e. The van der Waals surface area contributed by atoms with Crippen molar-refractivity contribution in [3.05, 3.63) is 39.6 Å². The number of nitrogens with zero attached hydrogens (tertiary/aromatic N) is 4. The van der Waals surface area contributed by atoms with E-state index in [0.717, 1.165) is 24.5 Å². The van der Waals surface area contributed by atoms with E-state index in [9.17, 15) is 0 Å². The summed E-state index contributed by atoms with van der Waals surface area (Å²) >= 11 is 7.27. The Hall–Kier alpha value is -1.04. The van der Waals surface area contributed by atoms with Crippen LogP contribution in [0.3, 0.4) is 0 Å². The fraction of sp³-hybridized carbons (Fsp3) is 0.300. The number of hydrogen-bond acceptors (Lipinski definition) is 5. The van der Waals surface area contributed by atoms with Gasteiger partial charge in [-0.25, -0.2) is 4.98 Å². The highest BCUT2D eigenvalue weighted by molar-refractivity contribution is 7.07. The van der Waals surface area contributed by atoms with Crippen molar-refractivity contribution < 1.29 is 0 Å². The van der Waals surface area contributed by atoms with Crippen LogP contribution in [0.15, 0.2) is 23.0 Å². The summed E-state index contributed by atoms with van der Waals surface area (Å²) in [5, 5.41) is 10.3. The van der Waals surface area contributed by atoms with Gasteiger partial charge in [0.15, 0.2) is 5.15 Å². The lowest BCUT2D eigenvalue weighted by molar-refractivity contribution is 0.310. The Balaban J connectivity index is 1.92. The van der Waals surface area contributed by atoms with Crippen LogP contribution in [0, 0.1) is 0 Å². The lowest BCUT2D eigenvalue weighted by Gasteiger charge is -2.13. The van der Waals surface area contributed by atoms with E-state index < -0.39 is 0 Å². The van der Waals surface area contributed by atoms with E-state index in [4.69, 9.17) is 11.6 Å². The average molecular weight is 255 g/mol. The van der Waals surface area contributed by atoms with Crippen LogP contribution in [0.25, 0.3) is 0 Å². The summed E-state index contributed by atoms with van der Waals surface area (Å²) in [5.74, 6) is 0. The fourth-order valence-corrected chi connectivity index (χ4v) is 2.00. The first-order chi connectivity index (χ1) is 7.74. The van der Waals surface area contributed by atoms with Gasteiger partial charge in [-0.3, -0.25) is 4.90 Å². The highest BCUT2D eigenvalue weighted by Gasteiger charge is 2.04. The van der Waals surface area contributed by atoms with Crippen molar-refractivity contribution in [1.29, 1.82) is 0 Å². The summed E-state index contributed by atoms with van der Waals surface area (Å²) in [4.78, 5) is 6.36. The van der Waals surface area contributed by atoms with Gasteiger partial charge in [-0.2, -0.15) is 5.10 Å². The maximum Gasteiger partial charge on any atom is 0.151 e. The Kier molecular flexibility index (Phi) is 3.82. The van der Waals surface area contributed by atoms with Crippen molar-refractivity contribution in [3.8, 4) is 0 Å². The van der Waals surface area contributed by atoms with Gasteiger partial charge in [-0.05, 0) is 19.2 Å². The maximum absolute atomic E-state index is 5.67. The van der Waals surface area contributed by atoms with Crippen molar-refractivity contribution in [2.24, 2.45) is 0 Å². The molecular weight excluding hydrogens is 244 g/mol. The molecule has 4 nitrogen and oxygen atoms in total. The van der Waals surface area contributed by atoms with Crippen LogP contribution in [0.4, 0.5) is 0 Å². The molecule has 0 fully saturated rings. The summed E-state index contributed by atoms with van der Waals surface area (Å²) in [5.41, 5.74) is 3.82. The first-order valence-electron chi connectivity index (χ1n) is 4.78. The molecule has 0 N–H and O–H groups in total. The molecule has 2 aromatic heterocycles. The molecule has 0 aliphatic rings. The van der Waals surface area contributed by atoms with Crippen molar-refractivity contribution in [1.82, 2.24) is 20.1 Å². The predicted molar refractivity (Wildman–Crippen MR) is 64.3 cm³/mol. The second-order valence-corrected chi connectivity index (χ2v) is 4.61. The van der Waals surface area contributed by atoms with Gasteiger partial charge in [0.25, 0.3) is 0 Å². The van der Waals surface area contributed by atoms with Gasteiger partial charge in [0, 0.05) is 18.5 Å². The van der Waals surface area contributed by atoms with Crippen LogP contribution >= 0.6 is 22.9 Å². The zero-order valence-corrected chi connectivity index (χ0v) is 10.4. The summed E-state index contributed by atoms with van der Waals surface area (Å²) < 4.78 is 0. The molecule has 84 valence electrons. The van der Waals surface area contributed by atoms with Crippen LogP contribution in [-0.4, -0.2) is 27.1 Å². The number of hydrogen-bond donors (Lipinski definition) is 0. The molecule has 16 heavy (non-hydrogen) atoms. The van der Waals surface area contributed by atoms with E-state index in [0.29, 0.717) is 5.15 Å². The molecule has 0 aliphatic heterocycles. The van der Waals surface area contributed by atoms with Crippen LogP contribution in [0.5, 0.6) is 0 Å². The van der Waals surface area contributed by atoms with Crippen molar-refractivity contribution in [2.75, 3.05) is 7.05 Å². The normalized spacial score (nSPS) is 10.9. The molecule has 0 radical (unpaired) electrons. The van der Waals surface area contributed by atoms with E-state index >= 15 is 0 Å². The Morgan fingerprint density at radius 2 is 2.06 bits per heavy atom. The molecule has 0 spiro atoms. The number of thiazole rings is 1. The van der Waals surface area contributed by atoms with Gasteiger partial charge >= 0.3 is 0 Å². The summed E-state index contributed by atoms with van der Waals surface area (Å²) in [6.45, 7) is 1.55. The van der Waals surface area contributed by atoms with Crippen LogP contribution in [0.2, 0.25) is 5.15 Å². The molecular formula is C10H11ClN4S. The second kappa shape index (κ2) is 5.34. The smallest absolute Gasteiger partial charge is 0.151 e. The number of rotatable bonds is 4. The zero-order valence-electron chi connectivity index (χ0n) is 8.80. The van der Waals surface area contributed by atoms with Crippen LogP contribution in [-0.2, 0) is 13.1 Å². The van der Waals surface area contributed by atoms with Crippen molar-refractivity contribution in [3.63, 3.8) is 0 Å². The largest absolute Gasteiger partial charge is 0.295 e. The maximum atomic E-state index is 5.67. The lowest BCUT2D eigenvalue weighted by Crippen LogP contribution is -2.18. The summed E-state index contributed by atoms with van der Waals surface area (Å²) in [6, 6.07) is 3.63. The molecule has 2 aromatic rings. The predicted octanol–water partition coefficient (Wildman–Crippen LogP) is 2.22. The zero-order chi connectivity index (χ0) is 11.4. The highest BCUT2D eigenvalue weighted by atomic mass is 35.5. The SMILES string of the molecule is CN(Cc1cscn1)Cc1ccc(Cl)nn1. The average Bonchev–Trinajstić information content (AvgIpc) is 2.74. The number of halogens is 1. The van der Waals surface area contributed by atoms with E-state index in [1.165, 1.54) is 0 Å². The number of aromatic nitrogens is 3. The van der Waals surface area contributed by atoms with Crippen LogP contribution < -0.4 is 0 Å². The minimum absolute atomic E-state index is 0.422. The fourth-order valence-electron chi connectivity index (χ4n) is 1.35. The van der Waals surface area contributed by atoms with Crippen molar-refractivity contribution >= 4 is 22.9 Å². The van der Waals surface area contributed by atoms with Gasteiger partial charge < -0.3 is 0 Å². The third-order valence-corrected chi connectivity index (χ3v) is 2.87. The van der Waals surface area contributed by atoms with E-state index in [-0.39, 0.29) is 0 Å². The molecule has 0 amide bonds. The molecule has 0 bridgehead atoms. The molecule has 0 saturated heterocycles. The van der Waals surface area contributed by atoms with Gasteiger partial charge in [-0.15, -0.1) is 16.4 Å². The van der Waals surface area contributed by atoms with E-state index in [1.54, 1.807) is 17.4 Å². The van der Waals surface area contributed by atoms with E-state index in [2.05, 4.69) is 20.1 Å². The van der Waals surface area contributed by atoms with Gasteiger partial charge in [0.05, 0.1) is 16.9 Å². The summed E-state index contributed by atoms with van der Waals surface area (Å²) in [6.07, 6.45) is 0. The molecule has 0 aromatic carbocycles. The molecule has 2 rings (SSSR count). The highest BCUT2D eigenvalue weighted by Crippen LogP contribution is 2.08. The third kappa shape index (κ3) is 3.23. The van der Waals surface area contributed by atoms with Crippen LogP contribution in [0.1, 0.15) is 11.4 Å². The van der Waals surface area contributed by atoms with E-state index in [1.807, 2.05) is 24.0 Å². The Morgan fingerprint density at radius 1 is 1.25 bits per heavy atom. The molecule has 0 atom stereocenters. The Bertz CT molecular complexity index is 429. The quantitative estimate of drug-likeness (QED) is 0.839. The Morgan fingerprint density at radius 3 is 2.69 bits per heavy atom. The first kappa shape index (κ1) is 11.4. The molecule has 6 heteroatoms.